The smallest absolute Gasteiger partial charge is 0.0456 e. The third-order valence-corrected chi connectivity index (χ3v) is 4.09. The molecule has 2 rings (SSSR count). The van der Waals surface area contributed by atoms with E-state index < -0.39 is 0 Å². The second-order valence-corrected chi connectivity index (χ2v) is 5.82. The lowest BCUT2D eigenvalue weighted by Gasteiger charge is -2.20. The van der Waals surface area contributed by atoms with Crippen LogP contribution in [0.25, 0.3) is 0 Å². The molecule has 0 bridgehead atoms. The Morgan fingerprint density at radius 1 is 1.44 bits per heavy atom. The summed E-state index contributed by atoms with van der Waals surface area (Å²) < 4.78 is 0. The second-order valence-electron chi connectivity index (χ2n) is 4.98. The molecule has 0 radical (unpaired) electrons. The van der Waals surface area contributed by atoms with Gasteiger partial charge in [-0.05, 0) is 55.9 Å². The third kappa shape index (κ3) is 3.18. The number of fused-ring (bicyclic) bond motifs is 1. The summed E-state index contributed by atoms with van der Waals surface area (Å²) in [5.41, 5.74) is 2.47. The standard InChI is InChI=1S/C14H19Cl2NO/c1-9(3-2-6-18)17-14-5-4-11-12(14)7-10(15)8-13(11)16/h7-9,14,17-18H,2-6H2,1H3. The minimum absolute atomic E-state index is 0.255. The predicted octanol–water partition coefficient (Wildman–Crippen LogP) is 3.73. The quantitative estimate of drug-likeness (QED) is 0.865. The fourth-order valence-electron chi connectivity index (χ4n) is 2.64. The number of aliphatic hydroxyl groups excluding tert-OH is 1. The van der Waals surface area contributed by atoms with E-state index >= 15 is 0 Å². The number of nitrogens with one attached hydrogen (secondary N) is 1. The van der Waals surface area contributed by atoms with Crippen molar-refractivity contribution < 1.29 is 5.11 Å². The van der Waals surface area contributed by atoms with E-state index in [4.69, 9.17) is 28.3 Å². The van der Waals surface area contributed by atoms with Crippen LogP contribution in [0.1, 0.15) is 43.4 Å². The maximum atomic E-state index is 8.84. The summed E-state index contributed by atoms with van der Waals surface area (Å²) in [5.74, 6) is 0. The Morgan fingerprint density at radius 3 is 2.94 bits per heavy atom. The Morgan fingerprint density at radius 2 is 2.22 bits per heavy atom. The minimum Gasteiger partial charge on any atom is -0.396 e. The summed E-state index contributed by atoms with van der Waals surface area (Å²) in [6.07, 6.45) is 3.90. The third-order valence-electron chi connectivity index (χ3n) is 3.53. The summed E-state index contributed by atoms with van der Waals surface area (Å²) in [4.78, 5) is 0. The molecule has 18 heavy (non-hydrogen) atoms. The van der Waals surface area contributed by atoms with Crippen molar-refractivity contribution in [1.82, 2.24) is 5.32 Å². The van der Waals surface area contributed by atoms with Crippen molar-refractivity contribution >= 4 is 23.2 Å². The van der Waals surface area contributed by atoms with Gasteiger partial charge in [-0.15, -0.1) is 0 Å². The monoisotopic (exact) mass is 287 g/mol. The Hall–Kier alpha value is -0.280. The molecule has 1 aromatic rings. The second kappa shape index (κ2) is 6.25. The van der Waals surface area contributed by atoms with Crippen molar-refractivity contribution in [2.75, 3.05) is 6.61 Å². The molecule has 1 aliphatic carbocycles. The first-order valence-corrected chi connectivity index (χ1v) is 7.22. The van der Waals surface area contributed by atoms with E-state index in [-0.39, 0.29) is 6.61 Å². The summed E-state index contributed by atoms with van der Waals surface area (Å²) in [6, 6.07) is 4.57. The van der Waals surface area contributed by atoms with Crippen molar-refractivity contribution in [3.63, 3.8) is 0 Å². The van der Waals surface area contributed by atoms with Crippen molar-refractivity contribution in [3.05, 3.63) is 33.3 Å². The molecule has 2 N–H and O–H groups in total. The molecule has 2 nitrogen and oxygen atoms in total. The lowest BCUT2D eigenvalue weighted by atomic mass is 10.1. The Bertz CT molecular complexity index is 423. The molecule has 0 spiro atoms. The zero-order valence-corrected chi connectivity index (χ0v) is 12.1. The van der Waals surface area contributed by atoms with Gasteiger partial charge in [0.2, 0.25) is 0 Å². The molecule has 0 aliphatic heterocycles. The molecule has 0 saturated carbocycles. The highest BCUT2D eigenvalue weighted by atomic mass is 35.5. The van der Waals surface area contributed by atoms with E-state index in [2.05, 4.69) is 12.2 Å². The van der Waals surface area contributed by atoms with Gasteiger partial charge >= 0.3 is 0 Å². The van der Waals surface area contributed by atoms with E-state index in [1.165, 1.54) is 11.1 Å². The van der Waals surface area contributed by atoms with E-state index in [1.807, 2.05) is 12.1 Å². The van der Waals surface area contributed by atoms with Crippen molar-refractivity contribution in [1.29, 1.82) is 0 Å². The fourth-order valence-corrected chi connectivity index (χ4v) is 3.24. The van der Waals surface area contributed by atoms with Gasteiger partial charge in [-0.2, -0.15) is 0 Å². The molecule has 2 atom stereocenters. The van der Waals surface area contributed by atoms with Crippen LogP contribution < -0.4 is 5.32 Å². The van der Waals surface area contributed by atoms with Crippen molar-refractivity contribution in [2.45, 2.75) is 44.7 Å². The first-order valence-electron chi connectivity index (χ1n) is 6.46. The number of hydrogen-bond acceptors (Lipinski definition) is 2. The lowest BCUT2D eigenvalue weighted by Crippen LogP contribution is -2.29. The molecule has 2 unspecified atom stereocenters. The highest BCUT2D eigenvalue weighted by Gasteiger charge is 2.25. The molecule has 0 amide bonds. The zero-order valence-electron chi connectivity index (χ0n) is 10.5. The molecule has 1 aromatic carbocycles. The number of halogens is 2. The van der Waals surface area contributed by atoms with E-state index in [0.29, 0.717) is 17.1 Å². The average molecular weight is 288 g/mol. The van der Waals surface area contributed by atoms with Gasteiger partial charge in [-0.25, -0.2) is 0 Å². The Labute approximate surface area is 118 Å². The maximum absolute atomic E-state index is 8.84. The van der Waals surface area contributed by atoms with Gasteiger partial charge in [0, 0.05) is 28.7 Å². The number of hydrogen-bond donors (Lipinski definition) is 2. The lowest BCUT2D eigenvalue weighted by molar-refractivity contribution is 0.273. The summed E-state index contributed by atoms with van der Waals surface area (Å²) in [5, 5.41) is 13.9. The van der Waals surface area contributed by atoms with Gasteiger partial charge in [0.05, 0.1) is 0 Å². The van der Waals surface area contributed by atoms with Crippen LogP contribution in [0.2, 0.25) is 10.0 Å². The SMILES string of the molecule is CC(CCCO)NC1CCc2c(Cl)cc(Cl)cc21. The van der Waals surface area contributed by atoms with Gasteiger partial charge in [-0.3, -0.25) is 0 Å². The van der Waals surface area contributed by atoms with E-state index in [1.54, 1.807) is 0 Å². The van der Waals surface area contributed by atoms with Crippen LogP contribution in [0.5, 0.6) is 0 Å². The molecule has 0 aromatic heterocycles. The van der Waals surface area contributed by atoms with Crippen LogP contribution in [0.15, 0.2) is 12.1 Å². The van der Waals surface area contributed by atoms with Crippen LogP contribution in [-0.4, -0.2) is 17.8 Å². The van der Waals surface area contributed by atoms with E-state index in [9.17, 15) is 0 Å². The zero-order chi connectivity index (χ0) is 13.1. The number of rotatable bonds is 5. The topological polar surface area (TPSA) is 32.3 Å². The summed E-state index contributed by atoms with van der Waals surface area (Å²) in [7, 11) is 0. The first-order chi connectivity index (χ1) is 8.61. The minimum atomic E-state index is 0.255. The van der Waals surface area contributed by atoms with Gasteiger partial charge in [0.15, 0.2) is 0 Å². The Kier molecular flexibility index (Phi) is 4.91. The molecule has 0 fully saturated rings. The van der Waals surface area contributed by atoms with Gasteiger partial charge < -0.3 is 10.4 Å². The fraction of sp³-hybridized carbons (Fsp3) is 0.571. The van der Waals surface area contributed by atoms with Crippen LogP contribution in [0, 0.1) is 0 Å². The maximum Gasteiger partial charge on any atom is 0.0456 e. The molecule has 0 heterocycles. The largest absolute Gasteiger partial charge is 0.396 e. The van der Waals surface area contributed by atoms with Crippen LogP contribution in [0.4, 0.5) is 0 Å². The molecule has 0 saturated heterocycles. The molecular formula is C14H19Cl2NO. The average Bonchev–Trinajstić information content (AvgIpc) is 2.70. The number of benzene rings is 1. The van der Waals surface area contributed by atoms with Crippen molar-refractivity contribution in [3.8, 4) is 0 Å². The Balaban J connectivity index is 2.07. The normalized spacial score (nSPS) is 19.9. The highest BCUT2D eigenvalue weighted by molar-refractivity contribution is 6.35. The molecular weight excluding hydrogens is 269 g/mol. The molecule has 1 aliphatic rings. The van der Waals surface area contributed by atoms with Gasteiger partial charge in [-0.1, -0.05) is 23.2 Å². The highest BCUT2D eigenvalue weighted by Crippen LogP contribution is 2.38. The first kappa shape index (κ1) is 14.1. The summed E-state index contributed by atoms with van der Waals surface area (Å²) in [6.45, 7) is 2.41. The van der Waals surface area contributed by atoms with Crippen molar-refractivity contribution in [2.24, 2.45) is 0 Å². The van der Waals surface area contributed by atoms with Crippen LogP contribution in [0.3, 0.4) is 0 Å². The molecule has 100 valence electrons. The number of aliphatic hydroxyl groups is 1. The molecule has 4 heteroatoms. The summed E-state index contributed by atoms with van der Waals surface area (Å²) >= 11 is 12.3. The van der Waals surface area contributed by atoms with Gasteiger partial charge in [0.1, 0.15) is 0 Å². The van der Waals surface area contributed by atoms with Gasteiger partial charge in [0.25, 0.3) is 0 Å². The van der Waals surface area contributed by atoms with Crippen LogP contribution in [-0.2, 0) is 6.42 Å². The van der Waals surface area contributed by atoms with E-state index in [0.717, 1.165) is 30.7 Å². The van der Waals surface area contributed by atoms with Crippen LogP contribution >= 0.6 is 23.2 Å². The predicted molar refractivity (Wildman–Crippen MR) is 76.4 cm³/mol.